The van der Waals surface area contributed by atoms with Crippen molar-refractivity contribution in [3.8, 4) is 67.5 Å². The summed E-state index contributed by atoms with van der Waals surface area (Å²) in [6, 6.07) is 65.8. The summed E-state index contributed by atoms with van der Waals surface area (Å²) >= 11 is 0. The number of benzene rings is 8. The molecule has 0 aliphatic carbocycles. The van der Waals surface area contributed by atoms with Crippen LogP contribution in [0.25, 0.3) is 66.4 Å². The van der Waals surface area contributed by atoms with Gasteiger partial charge in [-0.3, -0.25) is 0 Å². The normalized spacial score (nSPS) is 13.2. The summed E-state index contributed by atoms with van der Waals surface area (Å²) in [5.74, 6) is 0.843. The van der Waals surface area contributed by atoms with Crippen molar-refractivity contribution in [2.24, 2.45) is 0 Å². The number of fused-ring (bicyclic) bond motifs is 2. The molecule has 3 heteroatoms. The Morgan fingerprint density at radius 1 is 0.431 bits per heavy atom. The van der Waals surface area contributed by atoms with Gasteiger partial charge >= 0.3 is 0 Å². The Kier molecular flexibility index (Phi) is 7.61. The largest absolute Gasteiger partial charge is 0.464 e. The van der Waals surface area contributed by atoms with Gasteiger partial charge in [0.1, 0.15) is 5.75 Å². The maximum Gasteiger partial charge on any atom is 0.196 e. The van der Waals surface area contributed by atoms with Gasteiger partial charge in [0.05, 0.1) is 17.3 Å². The fraction of sp³-hybridized carbons (Fsp3) is 0.0208. The molecule has 9 rings (SSSR count). The molecule has 0 saturated carbocycles. The fourth-order valence-corrected chi connectivity index (χ4v) is 7.16. The molecule has 51 heavy (non-hydrogen) atoms. The second-order valence-electron chi connectivity index (χ2n) is 12.9. The van der Waals surface area contributed by atoms with Gasteiger partial charge in [0.15, 0.2) is 6.23 Å². The lowest BCUT2D eigenvalue weighted by Crippen LogP contribution is -2.10. The Balaban J connectivity index is 1.09. The molecule has 0 radical (unpaired) electrons. The van der Waals surface area contributed by atoms with E-state index >= 15 is 0 Å². The van der Waals surface area contributed by atoms with Gasteiger partial charge in [-0.25, -0.2) is 0 Å². The monoisotopic (exact) mass is 652 g/mol. The van der Waals surface area contributed by atoms with Gasteiger partial charge < -0.3 is 10.1 Å². The van der Waals surface area contributed by atoms with Crippen LogP contribution in [-0.2, 0) is 0 Å². The predicted molar refractivity (Wildman–Crippen MR) is 209 cm³/mol. The van der Waals surface area contributed by atoms with Crippen molar-refractivity contribution in [2.45, 2.75) is 6.23 Å². The van der Waals surface area contributed by atoms with Gasteiger partial charge in [-0.05, 0) is 85.1 Å². The molecular formula is C48H32N2O. The number of anilines is 1. The Hall–Kier alpha value is -6.89. The third-order valence-electron chi connectivity index (χ3n) is 9.81. The lowest BCUT2D eigenvalue weighted by Gasteiger charge is -2.15. The average Bonchev–Trinajstić information content (AvgIpc) is 3.65. The van der Waals surface area contributed by atoms with Crippen molar-refractivity contribution < 1.29 is 4.74 Å². The molecule has 1 aliphatic rings. The van der Waals surface area contributed by atoms with E-state index in [9.17, 15) is 5.26 Å². The smallest absolute Gasteiger partial charge is 0.196 e. The number of hydrogen-bond donors (Lipinski definition) is 1. The number of rotatable bonds is 6. The number of nitrogens with one attached hydrogen (secondary N) is 1. The van der Waals surface area contributed by atoms with Crippen LogP contribution in [-0.4, -0.2) is 0 Å². The molecule has 1 aliphatic heterocycles. The van der Waals surface area contributed by atoms with Gasteiger partial charge in [0.2, 0.25) is 0 Å². The molecule has 8 aromatic carbocycles. The molecule has 1 unspecified atom stereocenters. The van der Waals surface area contributed by atoms with Crippen molar-refractivity contribution in [1.29, 1.82) is 5.26 Å². The van der Waals surface area contributed by atoms with Crippen LogP contribution < -0.4 is 10.1 Å². The summed E-state index contributed by atoms with van der Waals surface area (Å²) in [6.45, 7) is 0. The zero-order valence-corrected chi connectivity index (χ0v) is 27.8. The van der Waals surface area contributed by atoms with Crippen LogP contribution in [0.2, 0.25) is 0 Å². The summed E-state index contributed by atoms with van der Waals surface area (Å²) < 4.78 is 6.70. The molecule has 1 atom stereocenters. The van der Waals surface area contributed by atoms with E-state index in [2.05, 4.69) is 163 Å². The lowest BCUT2D eigenvalue weighted by atomic mass is 9.90. The summed E-state index contributed by atoms with van der Waals surface area (Å²) in [4.78, 5) is 0. The van der Waals surface area contributed by atoms with Crippen molar-refractivity contribution in [3.63, 3.8) is 0 Å². The maximum atomic E-state index is 9.18. The molecule has 0 amide bonds. The number of nitrogens with zero attached hydrogens (tertiary/aromatic N) is 1. The third-order valence-corrected chi connectivity index (χ3v) is 9.81. The van der Waals surface area contributed by atoms with Crippen LogP contribution in [0, 0.1) is 11.3 Å². The van der Waals surface area contributed by atoms with Crippen molar-refractivity contribution in [2.75, 3.05) is 5.32 Å². The molecule has 1 N–H and O–H groups in total. The number of ether oxygens (including phenoxy) is 1. The molecule has 0 aromatic heterocycles. The second kappa shape index (κ2) is 12.9. The zero-order chi connectivity index (χ0) is 34.1. The van der Waals surface area contributed by atoms with E-state index in [0.717, 1.165) is 55.9 Å². The number of hydrogen-bond acceptors (Lipinski definition) is 3. The first-order chi connectivity index (χ1) is 25.2. The predicted octanol–water partition coefficient (Wildman–Crippen LogP) is 12.5. The van der Waals surface area contributed by atoms with Crippen LogP contribution in [0.4, 0.5) is 5.69 Å². The van der Waals surface area contributed by atoms with Gasteiger partial charge in [-0.2, -0.15) is 5.26 Å². The van der Waals surface area contributed by atoms with Crippen LogP contribution in [0.3, 0.4) is 0 Å². The van der Waals surface area contributed by atoms with Crippen LogP contribution in [0.5, 0.6) is 5.75 Å². The first-order valence-corrected chi connectivity index (χ1v) is 17.2. The number of nitriles is 1. The van der Waals surface area contributed by atoms with E-state index in [-0.39, 0.29) is 6.23 Å². The fourth-order valence-electron chi connectivity index (χ4n) is 7.16. The SMILES string of the molecule is N#Cc1ccc(-c2ccc(-c3ccc(-c4cc5c(c(-c6ccccc6)c4)NC(c4ccc(-c6ccccc6)cc4)O5)c4ccccc34)cc2)cc1. The molecule has 0 fully saturated rings. The van der Waals surface area contributed by atoms with E-state index in [1.165, 1.54) is 27.5 Å². The molecule has 240 valence electrons. The van der Waals surface area contributed by atoms with Gasteiger partial charge in [0, 0.05) is 11.1 Å². The Morgan fingerprint density at radius 2 is 0.902 bits per heavy atom. The molecule has 8 aromatic rings. The summed E-state index contributed by atoms with van der Waals surface area (Å²) in [7, 11) is 0. The first kappa shape index (κ1) is 30.2. The quantitative estimate of drug-likeness (QED) is 0.194. The van der Waals surface area contributed by atoms with Crippen LogP contribution in [0.15, 0.2) is 182 Å². The van der Waals surface area contributed by atoms with Crippen molar-refractivity contribution in [1.82, 2.24) is 0 Å². The highest BCUT2D eigenvalue weighted by Gasteiger charge is 2.28. The van der Waals surface area contributed by atoms with E-state index < -0.39 is 0 Å². The van der Waals surface area contributed by atoms with Crippen molar-refractivity contribution in [3.05, 3.63) is 193 Å². The van der Waals surface area contributed by atoms with E-state index in [1.807, 2.05) is 30.3 Å². The van der Waals surface area contributed by atoms with Crippen molar-refractivity contribution >= 4 is 16.5 Å². The Labute approximate surface area is 297 Å². The molecule has 3 nitrogen and oxygen atoms in total. The van der Waals surface area contributed by atoms with Gasteiger partial charge in [-0.1, -0.05) is 158 Å². The standard InChI is InChI=1S/C48H32N2O/c49-31-32-15-17-34(18-16-32)36-19-23-38(24-20-36)41-27-28-42(44-14-8-7-13-43(41)44)40-29-45(37-11-5-2-6-12-37)47-46(30-40)51-48(50-47)39-25-21-35(22-26-39)33-9-3-1-4-10-33/h1-30,48,50H. The zero-order valence-electron chi connectivity index (χ0n) is 27.8. The molecule has 0 spiro atoms. The summed E-state index contributed by atoms with van der Waals surface area (Å²) in [5, 5.41) is 15.3. The highest BCUT2D eigenvalue weighted by atomic mass is 16.5. The van der Waals surface area contributed by atoms with E-state index in [0.29, 0.717) is 5.56 Å². The molecule has 1 heterocycles. The topological polar surface area (TPSA) is 45.0 Å². The summed E-state index contributed by atoms with van der Waals surface area (Å²) in [6.07, 6.45) is -0.297. The summed E-state index contributed by atoms with van der Waals surface area (Å²) in [5.41, 5.74) is 14.2. The molecule has 0 bridgehead atoms. The van der Waals surface area contributed by atoms with E-state index in [4.69, 9.17) is 4.74 Å². The molecule has 0 saturated heterocycles. The first-order valence-electron chi connectivity index (χ1n) is 17.2. The molecular weight excluding hydrogens is 621 g/mol. The minimum absolute atomic E-state index is 0.297. The third kappa shape index (κ3) is 5.69. The maximum absolute atomic E-state index is 9.18. The lowest BCUT2D eigenvalue weighted by molar-refractivity contribution is 0.260. The minimum Gasteiger partial charge on any atom is -0.464 e. The van der Waals surface area contributed by atoms with E-state index in [1.54, 1.807) is 0 Å². The highest BCUT2D eigenvalue weighted by Crippen LogP contribution is 2.48. The average molecular weight is 653 g/mol. The highest BCUT2D eigenvalue weighted by molar-refractivity contribution is 6.06. The second-order valence-corrected chi connectivity index (χ2v) is 12.9. The minimum atomic E-state index is -0.297. The Bertz CT molecular complexity index is 2550. The van der Waals surface area contributed by atoms with Crippen LogP contribution >= 0.6 is 0 Å². The Morgan fingerprint density at radius 3 is 1.51 bits per heavy atom. The van der Waals surface area contributed by atoms with Crippen LogP contribution in [0.1, 0.15) is 17.4 Å². The van der Waals surface area contributed by atoms with Gasteiger partial charge in [-0.15, -0.1) is 0 Å². The van der Waals surface area contributed by atoms with Gasteiger partial charge in [0.25, 0.3) is 0 Å².